The van der Waals surface area contributed by atoms with Gasteiger partial charge in [0.25, 0.3) is 5.91 Å². The lowest BCUT2D eigenvalue weighted by molar-refractivity contribution is 0.0952. The molecule has 0 unspecified atom stereocenters. The lowest BCUT2D eigenvalue weighted by atomic mass is 10.2. The normalized spacial score (nSPS) is 10.5. The van der Waals surface area contributed by atoms with Gasteiger partial charge in [-0.25, -0.2) is 0 Å². The monoisotopic (exact) mass is 341 g/mol. The van der Waals surface area contributed by atoms with Gasteiger partial charge in [0.15, 0.2) is 0 Å². The summed E-state index contributed by atoms with van der Waals surface area (Å²) in [7, 11) is 0. The molecule has 2 aromatic rings. The number of rotatable bonds is 4. The molecule has 0 atom stereocenters. The van der Waals surface area contributed by atoms with E-state index < -0.39 is 0 Å². The third kappa shape index (κ3) is 4.08. The third-order valence-electron chi connectivity index (χ3n) is 2.51. The van der Waals surface area contributed by atoms with Crippen molar-refractivity contribution in [2.45, 2.75) is 13.5 Å². The lowest BCUT2D eigenvalue weighted by Gasteiger charge is -2.06. The van der Waals surface area contributed by atoms with Crippen molar-refractivity contribution in [3.05, 3.63) is 51.2 Å². The van der Waals surface area contributed by atoms with Crippen molar-refractivity contribution < 1.29 is 4.79 Å². The van der Waals surface area contributed by atoms with Gasteiger partial charge in [0.05, 0.1) is 12.7 Å². The third-order valence-corrected chi connectivity index (χ3v) is 3.19. The maximum absolute atomic E-state index is 11.9. The lowest BCUT2D eigenvalue weighted by Crippen LogP contribution is -2.27. The van der Waals surface area contributed by atoms with Crippen LogP contribution < -0.4 is 5.32 Å². The highest BCUT2D eigenvalue weighted by atomic mass is 79.9. The van der Waals surface area contributed by atoms with E-state index in [9.17, 15) is 4.79 Å². The van der Waals surface area contributed by atoms with Crippen molar-refractivity contribution in [1.82, 2.24) is 15.1 Å². The van der Waals surface area contributed by atoms with E-state index in [1.807, 2.05) is 13.1 Å². The minimum atomic E-state index is -0.146. The van der Waals surface area contributed by atoms with E-state index in [-0.39, 0.29) is 5.91 Å². The number of amides is 1. The molecule has 6 heteroatoms. The Morgan fingerprint density at radius 3 is 2.89 bits per heavy atom. The molecule has 0 spiro atoms. The molecule has 0 saturated carbocycles. The number of hydrogen-bond donors (Lipinski definition) is 1. The Morgan fingerprint density at radius 2 is 2.26 bits per heavy atom. The van der Waals surface area contributed by atoms with Crippen molar-refractivity contribution in [3.8, 4) is 0 Å². The molecule has 1 aromatic carbocycles. The molecular formula is C13H13BrClN3O. The summed E-state index contributed by atoms with van der Waals surface area (Å²) >= 11 is 9.21. The predicted molar refractivity (Wildman–Crippen MR) is 78.4 cm³/mol. The first-order valence-electron chi connectivity index (χ1n) is 5.78. The Balaban J connectivity index is 1.90. The summed E-state index contributed by atoms with van der Waals surface area (Å²) in [5.74, 6) is -0.146. The van der Waals surface area contributed by atoms with Gasteiger partial charge < -0.3 is 5.32 Å². The molecule has 0 aliphatic heterocycles. The Kier molecular flexibility index (Phi) is 4.61. The Bertz CT molecular complexity index is 577. The number of aryl methyl sites for hydroxylation is 1. The van der Waals surface area contributed by atoms with E-state index >= 15 is 0 Å². The zero-order valence-corrected chi connectivity index (χ0v) is 12.7. The van der Waals surface area contributed by atoms with Gasteiger partial charge in [-0.05, 0) is 30.7 Å². The second kappa shape index (κ2) is 6.21. The van der Waals surface area contributed by atoms with Gasteiger partial charge >= 0.3 is 0 Å². The average Bonchev–Trinajstić information content (AvgIpc) is 2.73. The molecule has 0 bridgehead atoms. The number of nitrogens with one attached hydrogen (secondary N) is 1. The molecule has 4 nitrogen and oxygen atoms in total. The van der Waals surface area contributed by atoms with Gasteiger partial charge in [-0.3, -0.25) is 9.48 Å². The van der Waals surface area contributed by atoms with E-state index in [0.29, 0.717) is 23.7 Å². The molecule has 1 amide bonds. The van der Waals surface area contributed by atoms with Crippen LogP contribution in [0.4, 0.5) is 0 Å². The maximum Gasteiger partial charge on any atom is 0.251 e. The number of hydrogen-bond acceptors (Lipinski definition) is 2. The van der Waals surface area contributed by atoms with Gasteiger partial charge in [-0.2, -0.15) is 5.10 Å². The summed E-state index contributed by atoms with van der Waals surface area (Å²) in [6.45, 7) is 3.14. The number of benzene rings is 1. The Labute approximate surface area is 124 Å². The van der Waals surface area contributed by atoms with Crippen LogP contribution in [0, 0.1) is 6.92 Å². The summed E-state index contributed by atoms with van der Waals surface area (Å²) < 4.78 is 2.58. The second-order valence-electron chi connectivity index (χ2n) is 4.19. The number of carbonyl (C=O) groups is 1. The summed E-state index contributed by atoms with van der Waals surface area (Å²) in [6.07, 6.45) is 3.72. The van der Waals surface area contributed by atoms with E-state index in [1.54, 1.807) is 29.1 Å². The van der Waals surface area contributed by atoms with Crippen LogP contribution in [0.5, 0.6) is 0 Å². The van der Waals surface area contributed by atoms with E-state index in [0.717, 1.165) is 10.0 Å². The van der Waals surface area contributed by atoms with E-state index in [2.05, 4.69) is 26.3 Å². The Morgan fingerprint density at radius 1 is 1.47 bits per heavy atom. The molecule has 2 rings (SSSR count). The summed E-state index contributed by atoms with van der Waals surface area (Å²) in [5, 5.41) is 7.51. The van der Waals surface area contributed by atoms with Crippen LogP contribution >= 0.6 is 27.5 Å². The first-order valence-corrected chi connectivity index (χ1v) is 6.95. The van der Waals surface area contributed by atoms with Gasteiger partial charge in [0.2, 0.25) is 0 Å². The highest BCUT2D eigenvalue weighted by Gasteiger charge is 2.07. The van der Waals surface area contributed by atoms with Crippen LogP contribution in [0.25, 0.3) is 0 Å². The second-order valence-corrected chi connectivity index (χ2v) is 5.55. The first kappa shape index (κ1) is 14.1. The molecule has 100 valence electrons. The van der Waals surface area contributed by atoms with Crippen molar-refractivity contribution in [3.63, 3.8) is 0 Å². The first-order chi connectivity index (χ1) is 9.04. The summed E-state index contributed by atoms with van der Waals surface area (Å²) in [6, 6.07) is 5.11. The Hall–Kier alpha value is -1.33. The highest BCUT2D eigenvalue weighted by molar-refractivity contribution is 9.10. The zero-order chi connectivity index (χ0) is 13.8. The molecule has 0 fully saturated rings. The standard InChI is InChI=1S/C13H13BrClN3O/c1-9-7-17-18(8-9)3-2-16-13(19)10-4-11(14)6-12(15)5-10/h4-8H,2-3H2,1H3,(H,16,19). The maximum atomic E-state index is 11.9. The molecule has 19 heavy (non-hydrogen) atoms. The zero-order valence-electron chi connectivity index (χ0n) is 10.4. The van der Waals surface area contributed by atoms with Crippen LogP contribution in [0.15, 0.2) is 35.1 Å². The van der Waals surface area contributed by atoms with Gasteiger partial charge in [0, 0.05) is 27.8 Å². The SMILES string of the molecule is Cc1cnn(CCNC(=O)c2cc(Cl)cc(Br)c2)c1. The number of nitrogens with zero attached hydrogens (tertiary/aromatic N) is 2. The molecule has 0 aliphatic carbocycles. The largest absolute Gasteiger partial charge is 0.350 e. The highest BCUT2D eigenvalue weighted by Crippen LogP contribution is 2.19. The predicted octanol–water partition coefficient (Wildman–Crippen LogP) is 3.04. The van der Waals surface area contributed by atoms with Gasteiger partial charge in [0.1, 0.15) is 0 Å². The van der Waals surface area contributed by atoms with Crippen molar-refractivity contribution >= 4 is 33.4 Å². The fourth-order valence-electron chi connectivity index (χ4n) is 1.66. The summed E-state index contributed by atoms with van der Waals surface area (Å²) in [5.41, 5.74) is 1.64. The average molecular weight is 343 g/mol. The van der Waals surface area contributed by atoms with Crippen LogP contribution in [-0.4, -0.2) is 22.2 Å². The topological polar surface area (TPSA) is 46.9 Å². The summed E-state index contributed by atoms with van der Waals surface area (Å²) in [4.78, 5) is 11.9. The number of aromatic nitrogens is 2. The molecule has 0 radical (unpaired) electrons. The molecule has 1 N–H and O–H groups in total. The number of carbonyl (C=O) groups excluding carboxylic acids is 1. The van der Waals surface area contributed by atoms with Crippen molar-refractivity contribution in [1.29, 1.82) is 0 Å². The van der Waals surface area contributed by atoms with Gasteiger partial charge in [-0.1, -0.05) is 27.5 Å². The van der Waals surface area contributed by atoms with E-state index in [1.165, 1.54) is 0 Å². The molecule has 0 saturated heterocycles. The molecule has 0 aliphatic rings. The number of halogens is 2. The van der Waals surface area contributed by atoms with Crippen LogP contribution in [0.3, 0.4) is 0 Å². The molecule has 1 heterocycles. The van der Waals surface area contributed by atoms with Crippen LogP contribution in [0.1, 0.15) is 15.9 Å². The molecular weight excluding hydrogens is 330 g/mol. The minimum absolute atomic E-state index is 0.146. The van der Waals surface area contributed by atoms with Gasteiger partial charge in [-0.15, -0.1) is 0 Å². The van der Waals surface area contributed by atoms with E-state index in [4.69, 9.17) is 11.6 Å². The molecule has 1 aromatic heterocycles. The van der Waals surface area contributed by atoms with Crippen molar-refractivity contribution in [2.24, 2.45) is 0 Å². The van der Waals surface area contributed by atoms with Crippen LogP contribution in [0.2, 0.25) is 5.02 Å². The fraction of sp³-hybridized carbons (Fsp3) is 0.231. The smallest absolute Gasteiger partial charge is 0.251 e. The quantitative estimate of drug-likeness (QED) is 0.928. The minimum Gasteiger partial charge on any atom is -0.350 e. The van der Waals surface area contributed by atoms with Crippen molar-refractivity contribution in [2.75, 3.05) is 6.54 Å². The fourth-order valence-corrected chi connectivity index (χ4v) is 2.52. The van der Waals surface area contributed by atoms with Crippen LogP contribution in [-0.2, 0) is 6.54 Å².